The van der Waals surface area contributed by atoms with E-state index >= 15 is 0 Å². The molecule has 7 aliphatic carbocycles. The first kappa shape index (κ1) is 36.1. The van der Waals surface area contributed by atoms with Crippen LogP contribution < -0.4 is 10.6 Å². The lowest BCUT2D eigenvalue weighted by molar-refractivity contribution is 0.312. The van der Waals surface area contributed by atoms with Gasteiger partial charge in [0, 0.05) is 17.2 Å². The normalized spacial score (nSPS) is 32.9. The molecule has 0 radical (unpaired) electrons. The number of aryl methyl sites for hydroxylation is 1. The molecule has 0 spiro atoms. The van der Waals surface area contributed by atoms with Gasteiger partial charge >= 0.3 is 0 Å². The summed E-state index contributed by atoms with van der Waals surface area (Å²) in [5, 5.41) is 18.2. The van der Waals surface area contributed by atoms with Crippen LogP contribution in [0.4, 0.5) is 0 Å². The third-order valence-corrected chi connectivity index (χ3v) is 14.8. The SMILES string of the molecule is N#CC1=CCCC(C2C=CCC(c3ccc4c(c3C3CC=C(C5NC(C6=CCCC=C6)NC(C6C=CC=CC6)=C5C5CCCCC5)CC3)CCCC4)C2)C1. The lowest BCUT2D eigenvalue weighted by Gasteiger charge is -2.45. The van der Waals surface area contributed by atoms with Gasteiger partial charge in [0.1, 0.15) is 6.17 Å². The van der Waals surface area contributed by atoms with Crippen molar-refractivity contribution in [2.24, 2.45) is 23.7 Å². The van der Waals surface area contributed by atoms with Crippen molar-refractivity contribution >= 4 is 0 Å². The largest absolute Gasteiger partial charge is 0.369 e. The van der Waals surface area contributed by atoms with Crippen LogP contribution in [0.15, 0.2) is 107 Å². The Labute approximate surface area is 326 Å². The van der Waals surface area contributed by atoms with Crippen LogP contribution in [0.1, 0.15) is 150 Å². The zero-order valence-corrected chi connectivity index (χ0v) is 32.7. The van der Waals surface area contributed by atoms with Gasteiger partial charge in [-0.05, 0) is 172 Å². The molecule has 1 fully saturated rings. The van der Waals surface area contributed by atoms with Gasteiger partial charge in [-0.3, -0.25) is 5.32 Å². The van der Waals surface area contributed by atoms with E-state index in [-0.39, 0.29) is 6.17 Å². The van der Waals surface area contributed by atoms with Crippen molar-refractivity contribution in [2.75, 3.05) is 0 Å². The van der Waals surface area contributed by atoms with Crippen molar-refractivity contribution in [3.05, 3.63) is 129 Å². The average Bonchev–Trinajstić information content (AvgIpc) is 3.26. The minimum Gasteiger partial charge on any atom is -0.369 e. The summed E-state index contributed by atoms with van der Waals surface area (Å²) in [6, 6.07) is 7.95. The molecule has 282 valence electrons. The highest BCUT2D eigenvalue weighted by atomic mass is 15.2. The van der Waals surface area contributed by atoms with Crippen molar-refractivity contribution in [2.45, 2.75) is 152 Å². The van der Waals surface area contributed by atoms with Crippen LogP contribution in [0.5, 0.6) is 0 Å². The first-order valence-electron chi connectivity index (χ1n) is 22.3. The Morgan fingerprint density at radius 2 is 1.65 bits per heavy atom. The Hall–Kier alpha value is -3.61. The molecular formula is C51H63N3. The Bertz CT molecular complexity index is 1850. The molecule has 1 aliphatic heterocycles. The Morgan fingerprint density at radius 3 is 2.46 bits per heavy atom. The molecular weight excluding hydrogens is 655 g/mol. The van der Waals surface area contributed by atoms with E-state index in [1.807, 2.05) is 0 Å². The fourth-order valence-electron chi connectivity index (χ4n) is 12.0. The number of hydrogen-bond acceptors (Lipinski definition) is 3. The highest BCUT2D eigenvalue weighted by molar-refractivity contribution is 5.49. The van der Waals surface area contributed by atoms with Crippen LogP contribution in [-0.2, 0) is 12.8 Å². The number of allylic oxidation sites excluding steroid dienone is 11. The summed E-state index contributed by atoms with van der Waals surface area (Å²) >= 11 is 0. The van der Waals surface area contributed by atoms with E-state index in [0.717, 1.165) is 44.1 Å². The predicted molar refractivity (Wildman–Crippen MR) is 224 cm³/mol. The highest BCUT2D eigenvalue weighted by Gasteiger charge is 2.39. The maximum absolute atomic E-state index is 9.70. The number of benzene rings is 1. The molecule has 1 aromatic carbocycles. The van der Waals surface area contributed by atoms with Crippen molar-refractivity contribution in [1.29, 1.82) is 5.26 Å². The van der Waals surface area contributed by atoms with E-state index in [0.29, 0.717) is 41.5 Å². The van der Waals surface area contributed by atoms with Gasteiger partial charge in [-0.15, -0.1) is 0 Å². The van der Waals surface area contributed by atoms with E-state index in [1.54, 1.807) is 33.4 Å². The van der Waals surface area contributed by atoms with Crippen LogP contribution in [-0.4, -0.2) is 12.2 Å². The predicted octanol–water partition coefficient (Wildman–Crippen LogP) is 12.2. The number of rotatable bonds is 7. The molecule has 3 heteroatoms. The molecule has 1 aromatic rings. The topological polar surface area (TPSA) is 47.9 Å². The van der Waals surface area contributed by atoms with Gasteiger partial charge in [0.2, 0.25) is 0 Å². The molecule has 0 aromatic heterocycles. The molecule has 0 saturated heterocycles. The Balaban J connectivity index is 1.04. The smallest absolute Gasteiger partial charge is 0.103 e. The first-order chi connectivity index (χ1) is 26.7. The fraction of sp³-hybridized carbons (Fsp3) is 0.549. The zero-order chi connectivity index (χ0) is 36.3. The van der Waals surface area contributed by atoms with Gasteiger partial charge in [-0.25, -0.2) is 0 Å². The van der Waals surface area contributed by atoms with Crippen LogP contribution in [0.2, 0.25) is 0 Å². The summed E-state index contributed by atoms with van der Waals surface area (Å²) in [6.07, 6.45) is 51.4. The second-order valence-electron chi connectivity index (χ2n) is 18.0. The van der Waals surface area contributed by atoms with Gasteiger partial charge in [0.25, 0.3) is 0 Å². The molecule has 8 aliphatic rings. The molecule has 7 atom stereocenters. The van der Waals surface area contributed by atoms with Gasteiger partial charge in [0.05, 0.1) is 12.1 Å². The number of nitrogens with one attached hydrogen (secondary N) is 2. The molecule has 1 heterocycles. The third kappa shape index (κ3) is 7.50. The van der Waals surface area contributed by atoms with Crippen molar-refractivity contribution < 1.29 is 0 Å². The van der Waals surface area contributed by atoms with E-state index in [4.69, 9.17) is 0 Å². The van der Waals surface area contributed by atoms with E-state index in [9.17, 15) is 5.26 Å². The molecule has 7 unspecified atom stereocenters. The van der Waals surface area contributed by atoms with Gasteiger partial charge < -0.3 is 5.32 Å². The minimum absolute atomic E-state index is 0.163. The van der Waals surface area contributed by atoms with Gasteiger partial charge in [-0.1, -0.05) is 104 Å². The third-order valence-electron chi connectivity index (χ3n) is 14.8. The Morgan fingerprint density at radius 1 is 0.722 bits per heavy atom. The monoisotopic (exact) mass is 718 g/mol. The van der Waals surface area contributed by atoms with Crippen molar-refractivity contribution in [1.82, 2.24) is 10.6 Å². The molecule has 2 N–H and O–H groups in total. The quantitative estimate of drug-likeness (QED) is 0.276. The molecule has 0 bridgehead atoms. The summed E-state index contributed by atoms with van der Waals surface area (Å²) in [6.45, 7) is 0. The van der Waals surface area contributed by atoms with Crippen LogP contribution in [0.25, 0.3) is 0 Å². The molecule has 3 nitrogen and oxygen atoms in total. The zero-order valence-electron chi connectivity index (χ0n) is 32.7. The lowest BCUT2D eigenvalue weighted by atomic mass is 9.68. The number of hydrogen-bond donors (Lipinski definition) is 2. The summed E-state index contributed by atoms with van der Waals surface area (Å²) in [5.74, 6) is 3.50. The van der Waals surface area contributed by atoms with Crippen molar-refractivity contribution in [3.8, 4) is 6.07 Å². The molecule has 54 heavy (non-hydrogen) atoms. The second-order valence-corrected chi connectivity index (χ2v) is 18.0. The first-order valence-corrected chi connectivity index (χ1v) is 22.3. The van der Waals surface area contributed by atoms with E-state index in [1.165, 1.54) is 101 Å². The molecule has 1 saturated carbocycles. The maximum Gasteiger partial charge on any atom is 0.103 e. The number of nitrogens with zero attached hydrogens (tertiary/aromatic N) is 1. The number of fused-ring (bicyclic) bond motifs is 1. The molecule has 9 rings (SSSR count). The standard InChI is InChI=1S/C51H63N3/c52-34-35-14-12-22-42(32-35)43-23-13-24-44(33-43)46-31-30-36-15-10-11-25-45(36)47(46)38-26-28-40(29-27-38)50-48(37-16-4-1-5-17-37)49(39-18-6-2-7-19-39)53-51(54-50)41-20-8-3-9-21-41/h2,6-8,13-14,18,20-21,23,28,30-31,37-39,42-44,50-51,53-54H,1,3-5,9-12,15-17,19,22,24-27,29,32-33H2. The lowest BCUT2D eigenvalue weighted by Crippen LogP contribution is -2.56. The molecule has 0 amide bonds. The Kier molecular flexibility index (Phi) is 11.1. The fourth-order valence-corrected chi connectivity index (χ4v) is 12.0. The van der Waals surface area contributed by atoms with Gasteiger partial charge in [-0.2, -0.15) is 5.26 Å². The summed E-state index contributed by atoms with van der Waals surface area (Å²) < 4.78 is 0. The average molecular weight is 718 g/mol. The van der Waals surface area contributed by atoms with Crippen LogP contribution in [0.3, 0.4) is 0 Å². The van der Waals surface area contributed by atoms with Crippen LogP contribution >= 0.6 is 0 Å². The highest BCUT2D eigenvalue weighted by Crippen LogP contribution is 2.48. The van der Waals surface area contributed by atoms with E-state index < -0.39 is 0 Å². The maximum atomic E-state index is 9.70. The second kappa shape index (κ2) is 16.6. The number of nitriles is 1. The summed E-state index contributed by atoms with van der Waals surface area (Å²) in [7, 11) is 0. The van der Waals surface area contributed by atoms with Crippen molar-refractivity contribution in [3.63, 3.8) is 0 Å². The minimum atomic E-state index is 0.163. The van der Waals surface area contributed by atoms with Crippen LogP contribution in [0, 0.1) is 35.0 Å². The summed E-state index contributed by atoms with van der Waals surface area (Å²) in [4.78, 5) is 0. The van der Waals surface area contributed by atoms with Gasteiger partial charge in [0.15, 0.2) is 0 Å². The van der Waals surface area contributed by atoms with E-state index in [2.05, 4.69) is 95.7 Å². The summed E-state index contributed by atoms with van der Waals surface area (Å²) in [5.41, 5.74) is 14.2.